The smallest absolute Gasteiger partial charge is 0.257 e. The summed E-state index contributed by atoms with van der Waals surface area (Å²) >= 11 is 0. The van der Waals surface area contributed by atoms with Crippen LogP contribution in [0.5, 0.6) is 5.75 Å². The molecule has 1 aromatic carbocycles. The molecule has 2 rings (SSSR count). The maximum atomic E-state index is 12.5. The van der Waals surface area contributed by atoms with E-state index < -0.39 is 0 Å². The minimum Gasteiger partial charge on any atom is -0.484 e. The fraction of sp³-hybridized carbons (Fsp3) is 0.450. The van der Waals surface area contributed by atoms with E-state index in [2.05, 4.69) is 29.6 Å². The molecule has 2 aromatic rings. The molecule has 0 unspecified atom stereocenters. The number of likely N-dealkylation sites (N-methyl/N-ethyl adjacent to an activating group) is 1. The highest BCUT2D eigenvalue weighted by molar-refractivity contribution is 5.92. The SMILES string of the molecule is CNC(=O)COc1cccc(NC(=O)Cc2c(C)nn(CC(C)C)c2C)c1. The van der Waals surface area contributed by atoms with Crippen molar-refractivity contribution < 1.29 is 14.3 Å². The lowest BCUT2D eigenvalue weighted by atomic mass is 10.1. The van der Waals surface area contributed by atoms with Gasteiger partial charge >= 0.3 is 0 Å². The fourth-order valence-corrected chi connectivity index (χ4v) is 2.76. The first-order valence-electron chi connectivity index (χ1n) is 9.06. The van der Waals surface area contributed by atoms with Gasteiger partial charge in [-0.1, -0.05) is 19.9 Å². The Hall–Kier alpha value is -2.83. The van der Waals surface area contributed by atoms with Crippen LogP contribution in [-0.4, -0.2) is 35.2 Å². The minimum absolute atomic E-state index is 0.0681. The molecule has 0 aliphatic carbocycles. The van der Waals surface area contributed by atoms with E-state index >= 15 is 0 Å². The van der Waals surface area contributed by atoms with Gasteiger partial charge in [-0.25, -0.2) is 0 Å². The van der Waals surface area contributed by atoms with Gasteiger partial charge < -0.3 is 15.4 Å². The molecule has 1 aromatic heterocycles. The number of aromatic nitrogens is 2. The maximum absolute atomic E-state index is 12.5. The van der Waals surface area contributed by atoms with Crippen LogP contribution >= 0.6 is 0 Å². The lowest BCUT2D eigenvalue weighted by Crippen LogP contribution is -2.24. The molecule has 146 valence electrons. The van der Waals surface area contributed by atoms with E-state index in [1.807, 2.05) is 18.5 Å². The number of nitrogens with one attached hydrogen (secondary N) is 2. The van der Waals surface area contributed by atoms with Crippen molar-refractivity contribution in [3.63, 3.8) is 0 Å². The zero-order chi connectivity index (χ0) is 20.0. The molecule has 1 heterocycles. The summed E-state index contributed by atoms with van der Waals surface area (Å²) in [7, 11) is 1.55. The third kappa shape index (κ3) is 5.84. The Kier molecular flexibility index (Phi) is 6.98. The van der Waals surface area contributed by atoms with Crippen LogP contribution in [0, 0.1) is 19.8 Å². The zero-order valence-corrected chi connectivity index (χ0v) is 16.6. The van der Waals surface area contributed by atoms with E-state index in [0.29, 0.717) is 17.4 Å². The largest absolute Gasteiger partial charge is 0.484 e. The molecule has 7 nitrogen and oxygen atoms in total. The van der Waals surface area contributed by atoms with Crippen LogP contribution in [0.3, 0.4) is 0 Å². The third-order valence-corrected chi connectivity index (χ3v) is 4.17. The summed E-state index contributed by atoms with van der Waals surface area (Å²) in [4.78, 5) is 23.8. The number of carbonyl (C=O) groups is 2. The first-order valence-corrected chi connectivity index (χ1v) is 9.06. The molecule has 2 N–H and O–H groups in total. The Morgan fingerprint density at radius 3 is 2.63 bits per heavy atom. The number of hydrogen-bond acceptors (Lipinski definition) is 4. The number of rotatable bonds is 8. The van der Waals surface area contributed by atoms with Crippen LogP contribution in [0.1, 0.15) is 30.8 Å². The summed E-state index contributed by atoms with van der Waals surface area (Å²) in [5.74, 6) is 0.679. The molecule has 0 saturated carbocycles. The third-order valence-electron chi connectivity index (χ3n) is 4.17. The number of carbonyl (C=O) groups excluding carboxylic acids is 2. The molecule has 0 spiro atoms. The number of amides is 2. The molecule has 0 aliphatic heterocycles. The molecular weight excluding hydrogens is 344 g/mol. The topological polar surface area (TPSA) is 85.2 Å². The summed E-state index contributed by atoms with van der Waals surface area (Å²) in [5.41, 5.74) is 3.49. The summed E-state index contributed by atoms with van der Waals surface area (Å²) < 4.78 is 7.37. The number of ether oxygens (including phenoxy) is 1. The van der Waals surface area contributed by atoms with Crippen LogP contribution < -0.4 is 15.4 Å². The first-order chi connectivity index (χ1) is 12.8. The molecule has 0 atom stereocenters. The average Bonchev–Trinajstić information content (AvgIpc) is 2.86. The van der Waals surface area contributed by atoms with E-state index in [9.17, 15) is 9.59 Å². The highest BCUT2D eigenvalue weighted by atomic mass is 16.5. The Balaban J connectivity index is 2.02. The van der Waals surface area contributed by atoms with Gasteiger partial charge in [0.05, 0.1) is 12.1 Å². The molecule has 0 radical (unpaired) electrons. The van der Waals surface area contributed by atoms with E-state index in [0.717, 1.165) is 23.5 Å². The molecule has 0 fully saturated rings. The van der Waals surface area contributed by atoms with Gasteiger partial charge in [0, 0.05) is 36.6 Å². The standard InChI is InChI=1S/C20H28N4O3/c1-13(2)11-24-15(4)18(14(3)23-24)10-19(25)22-16-7-6-8-17(9-16)27-12-20(26)21-5/h6-9,13H,10-12H2,1-5H3,(H,21,26)(H,22,25). The van der Waals surface area contributed by atoms with Gasteiger partial charge in [-0.05, 0) is 31.9 Å². The Morgan fingerprint density at radius 2 is 1.96 bits per heavy atom. The molecule has 0 saturated heterocycles. The van der Waals surface area contributed by atoms with Gasteiger partial charge in [0.2, 0.25) is 5.91 Å². The summed E-state index contributed by atoms with van der Waals surface area (Å²) in [6.45, 7) is 8.97. The van der Waals surface area contributed by atoms with Crippen molar-refractivity contribution in [3.8, 4) is 5.75 Å². The molecule has 0 bridgehead atoms. The van der Waals surface area contributed by atoms with E-state index in [1.165, 1.54) is 0 Å². The van der Waals surface area contributed by atoms with Crippen LogP contribution in [0.4, 0.5) is 5.69 Å². The van der Waals surface area contributed by atoms with Gasteiger partial charge in [0.1, 0.15) is 5.75 Å². The minimum atomic E-state index is -0.214. The number of hydrogen-bond donors (Lipinski definition) is 2. The van der Waals surface area contributed by atoms with E-state index in [4.69, 9.17) is 4.74 Å². The lowest BCUT2D eigenvalue weighted by Gasteiger charge is -2.10. The zero-order valence-electron chi connectivity index (χ0n) is 16.6. The van der Waals surface area contributed by atoms with Crippen molar-refractivity contribution in [1.82, 2.24) is 15.1 Å². The van der Waals surface area contributed by atoms with Crippen molar-refractivity contribution >= 4 is 17.5 Å². The van der Waals surface area contributed by atoms with Crippen molar-refractivity contribution in [1.29, 1.82) is 0 Å². The number of benzene rings is 1. The monoisotopic (exact) mass is 372 g/mol. The summed E-state index contributed by atoms with van der Waals surface area (Å²) in [6, 6.07) is 6.99. The van der Waals surface area contributed by atoms with Crippen molar-refractivity contribution in [2.75, 3.05) is 19.0 Å². The van der Waals surface area contributed by atoms with Crippen LogP contribution in [0.15, 0.2) is 24.3 Å². The number of nitrogens with zero attached hydrogens (tertiary/aromatic N) is 2. The Morgan fingerprint density at radius 1 is 1.22 bits per heavy atom. The van der Waals surface area contributed by atoms with E-state index in [-0.39, 0.29) is 24.8 Å². The molecule has 27 heavy (non-hydrogen) atoms. The van der Waals surface area contributed by atoms with Crippen LogP contribution in [0.25, 0.3) is 0 Å². The van der Waals surface area contributed by atoms with Gasteiger partial charge in [-0.3, -0.25) is 14.3 Å². The Labute approximate surface area is 160 Å². The van der Waals surface area contributed by atoms with Gasteiger partial charge in [-0.15, -0.1) is 0 Å². The normalized spacial score (nSPS) is 10.7. The number of aryl methyl sites for hydroxylation is 1. The van der Waals surface area contributed by atoms with Crippen LogP contribution in [0.2, 0.25) is 0 Å². The second kappa shape index (κ2) is 9.21. The Bertz CT molecular complexity index is 812. The van der Waals surface area contributed by atoms with Crippen molar-refractivity contribution in [3.05, 3.63) is 41.2 Å². The van der Waals surface area contributed by atoms with Gasteiger partial charge in [0.25, 0.3) is 5.91 Å². The first kappa shape index (κ1) is 20.5. The second-order valence-electron chi connectivity index (χ2n) is 6.94. The van der Waals surface area contributed by atoms with Gasteiger partial charge in [0.15, 0.2) is 6.61 Å². The van der Waals surface area contributed by atoms with Crippen molar-refractivity contribution in [2.24, 2.45) is 5.92 Å². The fourth-order valence-electron chi connectivity index (χ4n) is 2.76. The van der Waals surface area contributed by atoms with Gasteiger partial charge in [-0.2, -0.15) is 5.10 Å². The van der Waals surface area contributed by atoms with Crippen LogP contribution in [-0.2, 0) is 22.6 Å². The molecule has 2 amide bonds. The second-order valence-corrected chi connectivity index (χ2v) is 6.94. The predicted molar refractivity (Wildman–Crippen MR) is 105 cm³/mol. The van der Waals surface area contributed by atoms with E-state index in [1.54, 1.807) is 31.3 Å². The maximum Gasteiger partial charge on any atom is 0.257 e. The quantitative estimate of drug-likeness (QED) is 0.745. The molecular formula is C20H28N4O3. The molecule has 0 aliphatic rings. The predicted octanol–water partition coefficient (Wildman–Crippen LogP) is 2.46. The molecule has 7 heteroatoms. The lowest BCUT2D eigenvalue weighted by molar-refractivity contribution is -0.122. The summed E-state index contributed by atoms with van der Waals surface area (Å²) in [5, 5.41) is 9.92. The highest BCUT2D eigenvalue weighted by Crippen LogP contribution is 2.19. The number of anilines is 1. The summed E-state index contributed by atoms with van der Waals surface area (Å²) in [6.07, 6.45) is 0.263. The average molecular weight is 372 g/mol. The van der Waals surface area contributed by atoms with Crippen molar-refractivity contribution in [2.45, 2.75) is 40.7 Å². The highest BCUT2D eigenvalue weighted by Gasteiger charge is 2.16.